The molecule has 0 spiro atoms. The van der Waals surface area contributed by atoms with Crippen LogP contribution in [0, 0.1) is 20.8 Å². The lowest BCUT2D eigenvalue weighted by Crippen LogP contribution is -2.20. The number of amides is 1. The highest BCUT2D eigenvalue weighted by molar-refractivity contribution is 5.95. The van der Waals surface area contributed by atoms with E-state index in [4.69, 9.17) is 4.74 Å². The van der Waals surface area contributed by atoms with Crippen LogP contribution in [0.2, 0.25) is 0 Å². The second-order valence-electron chi connectivity index (χ2n) is 7.09. The maximum absolute atomic E-state index is 12.4. The number of carbonyl (C=O) groups excluding carboxylic acids is 1. The number of nitrogens with zero attached hydrogens (tertiary/aromatic N) is 3. The minimum Gasteiger partial charge on any atom is -0.483 e. The third kappa shape index (κ3) is 4.11. The number of benzene rings is 3. The lowest BCUT2D eigenvalue weighted by atomic mass is 10.1. The molecule has 6 heteroatoms. The number of aromatic nitrogens is 3. The molecule has 1 N–H and O–H groups in total. The van der Waals surface area contributed by atoms with Crippen molar-refractivity contribution < 1.29 is 9.53 Å². The molecule has 0 saturated heterocycles. The van der Waals surface area contributed by atoms with E-state index in [-0.39, 0.29) is 12.5 Å². The molecule has 146 valence electrons. The van der Waals surface area contributed by atoms with Crippen molar-refractivity contribution >= 4 is 22.6 Å². The predicted molar refractivity (Wildman–Crippen MR) is 114 cm³/mol. The van der Waals surface area contributed by atoms with Crippen molar-refractivity contribution in [2.24, 2.45) is 0 Å². The zero-order valence-electron chi connectivity index (χ0n) is 16.6. The molecular formula is C23H22N4O2. The number of ether oxygens (including phenoxy) is 1. The van der Waals surface area contributed by atoms with Crippen LogP contribution in [0.15, 0.2) is 60.7 Å². The van der Waals surface area contributed by atoms with Gasteiger partial charge in [-0.1, -0.05) is 35.9 Å². The van der Waals surface area contributed by atoms with Gasteiger partial charge in [0.15, 0.2) is 6.61 Å². The lowest BCUT2D eigenvalue weighted by Gasteiger charge is -2.11. The van der Waals surface area contributed by atoms with Gasteiger partial charge in [-0.15, -0.1) is 10.2 Å². The van der Waals surface area contributed by atoms with Gasteiger partial charge in [-0.2, -0.15) is 4.80 Å². The third-order valence-electron chi connectivity index (χ3n) is 4.68. The van der Waals surface area contributed by atoms with Crippen LogP contribution in [0.5, 0.6) is 5.75 Å². The van der Waals surface area contributed by atoms with E-state index in [9.17, 15) is 4.79 Å². The summed E-state index contributed by atoms with van der Waals surface area (Å²) in [6.07, 6.45) is 0. The van der Waals surface area contributed by atoms with Gasteiger partial charge in [0.2, 0.25) is 0 Å². The van der Waals surface area contributed by atoms with Crippen molar-refractivity contribution in [2.45, 2.75) is 20.8 Å². The highest BCUT2D eigenvalue weighted by atomic mass is 16.5. The van der Waals surface area contributed by atoms with Crippen molar-refractivity contribution in [2.75, 3.05) is 11.9 Å². The number of hydrogen-bond acceptors (Lipinski definition) is 4. The Balaban J connectivity index is 1.49. The summed E-state index contributed by atoms with van der Waals surface area (Å²) in [5.74, 6) is 0.492. The first-order chi connectivity index (χ1) is 14.0. The molecule has 4 aromatic rings. The summed E-state index contributed by atoms with van der Waals surface area (Å²) >= 11 is 0. The summed E-state index contributed by atoms with van der Waals surface area (Å²) in [4.78, 5) is 14.0. The van der Waals surface area contributed by atoms with E-state index in [2.05, 4.69) is 15.5 Å². The SMILES string of the molecule is Cc1ccc(OCC(=O)Nc2cc3nn(-c4ccccc4)nc3cc2C)c(C)c1. The second kappa shape index (κ2) is 7.75. The predicted octanol–water partition coefficient (Wildman–Crippen LogP) is 4.36. The Kier molecular flexibility index (Phi) is 4.99. The van der Waals surface area contributed by atoms with Gasteiger partial charge in [0, 0.05) is 5.69 Å². The quantitative estimate of drug-likeness (QED) is 0.553. The zero-order chi connectivity index (χ0) is 20.4. The van der Waals surface area contributed by atoms with Gasteiger partial charge in [-0.05, 0) is 62.2 Å². The summed E-state index contributed by atoms with van der Waals surface area (Å²) in [5.41, 5.74) is 6.15. The molecule has 0 aliphatic heterocycles. The van der Waals surface area contributed by atoms with Crippen molar-refractivity contribution in [3.8, 4) is 11.4 Å². The number of hydrogen-bond donors (Lipinski definition) is 1. The summed E-state index contributed by atoms with van der Waals surface area (Å²) in [6, 6.07) is 19.4. The van der Waals surface area contributed by atoms with Crippen LogP contribution in [0.3, 0.4) is 0 Å². The van der Waals surface area contributed by atoms with Gasteiger partial charge < -0.3 is 10.1 Å². The maximum Gasteiger partial charge on any atom is 0.262 e. The lowest BCUT2D eigenvalue weighted by molar-refractivity contribution is -0.118. The zero-order valence-corrected chi connectivity index (χ0v) is 16.6. The molecule has 0 saturated carbocycles. The van der Waals surface area contributed by atoms with E-state index in [0.29, 0.717) is 17.0 Å². The number of carbonyl (C=O) groups is 1. The van der Waals surface area contributed by atoms with Crippen LogP contribution in [0.4, 0.5) is 5.69 Å². The topological polar surface area (TPSA) is 69.0 Å². The first kappa shape index (κ1) is 18.7. The van der Waals surface area contributed by atoms with E-state index < -0.39 is 0 Å². The van der Waals surface area contributed by atoms with Crippen LogP contribution in [0.1, 0.15) is 16.7 Å². The van der Waals surface area contributed by atoms with Gasteiger partial charge in [0.05, 0.1) is 5.69 Å². The van der Waals surface area contributed by atoms with Crippen molar-refractivity contribution in [1.82, 2.24) is 15.0 Å². The van der Waals surface area contributed by atoms with Gasteiger partial charge in [-0.25, -0.2) is 0 Å². The summed E-state index contributed by atoms with van der Waals surface area (Å²) < 4.78 is 5.67. The molecule has 0 atom stereocenters. The van der Waals surface area contributed by atoms with E-state index >= 15 is 0 Å². The number of fused-ring (bicyclic) bond motifs is 1. The monoisotopic (exact) mass is 386 g/mol. The normalized spacial score (nSPS) is 10.9. The van der Waals surface area contributed by atoms with Crippen LogP contribution in [-0.2, 0) is 4.79 Å². The molecule has 1 aromatic heterocycles. The van der Waals surface area contributed by atoms with Crippen LogP contribution < -0.4 is 10.1 Å². The second-order valence-corrected chi connectivity index (χ2v) is 7.09. The van der Waals surface area contributed by atoms with Gasteiger partial charge >= 0.3 is 0 Å². The Labute approximate surface area is 169 Å². The van der Waals surface area contributed by atoms with Crippen LogP contribution in [0.25, 0.3) is 16.7 Å². The Morgan fingerprint density at radius 2 is 1.66 bits per heavy atom. The molecule has 1 amide bonds. The number of nitrogens with one attached hydrogen (secondary N) is 1. The molecule has 3 aromatic carbocycles. The van der Waals surface area contributed by atoms with Crippen molar-refractivity contribution in [1.29, 1.82) is 0 Å². The average Bonchev–Trinajstić information content (AvgIpc) is 3.11. The van der Waals surface area contributed by atoms with E-state index in [0.717, 1.165) is 27.9 Å². The largest absolute Gasteiger partial charge is 0.483 e. The summed E-state index contributed by atoms with van der Waals surface area (Å²) in [6.45, 7) is 5.87. The molecule has 0 bridgehead atoms. The minimum absolute atomic E-state index is 0.0575. The molecular weight excluding hydrogens is 364 g/mol. The average molecular weight is 386 g/mol. The Morgan fingerprint density at radius 1 is 0.931 bits per heavy atom. The maximum atomic E-state index is 12.4. The molecule has 0 aliphatic carbocycles. The summed E-state index contributed by atoms with van der Waals surface area (Å²) in [5, 5.41) is 12.0. The molecule has 4 rings (SSSR count). The first-order valence-electron chi connectivity index (χ1n) is 9.42. The van der Waals surface area contributed by atoms with E-state index in [1.165, 1.54) is 0 Å². The van der Waals surface area contributed by atoms with Crippen molar-refractivity contribution in [3.63, 3.8) is 0 Å². The third-order valence-corrected chi connectivity index (χ3v) is 4.68. The fourth-order valence-corrected chi connectivity index (χ4v) is 3.17. The molecule has 0 aliphatic rings. The van der Waals surface area contributed by atoms with Gasteiger partial charge in [0.1, 0.15) is 16.8 Å². The van der Waals surface area contributed by atoms with Crippen molar-refractivity contribution in [3.05, 3.63) is 77.4 Å². The number of rotatable bonds is 5. The fourth-order valence-electron chi connectivity index (χ4n) is 3.17. The first-order valence-corrected chi connectivity index (χ1v) is 9.42. The Morgan fingerprint density at radius 3 is 2.38 bits per heavy atom. The number of para-hydroxylation sites is 1. The smallest absolute Gasteiger partial charge is 0.262 e. The van der Waals surface area contributed by atoms with E-state index in [1.54, 1.807) is 4.80 Å². The van der Waals surface area contributed by atoms with E-state index in [1.807, 2.05) is 81.4 Å². The van der Waals surface area contributed by atoms with Crippen LogP contribution in [-0.4, -0.2) is 27.5 Å². The highest BCUT2D eigenvalue weighted by Crippen LogP contribution is 2.23. The highest BCUT2D eigenvalue weighted by Gasteiger charge is 2.11. The van der Waals surface area contributed by atoms with Crippen LogP contribution >= 0.6 is 0 Å². The molecule has 6 nitrogen and oxygen atoms in total. The Bertz CT molecular complexity index is 1180. The molecule has 29 heavy (non-hydrogen) atoms. The number of aryl methyl sites for hydroxylation is 3. The minimum atomic E-state index is -0.220. The standard InChI is InChI=1S/C23H22N4O2/c1-15-9-10-22(17(3)11-15)29-14-23(28)24-19-13-21-20(12-16(19)2)25-27(26-21)18-7-5-4-6-8-18/h4-13H,14H2,1-3H3,(H,24,28). The molecule has 0 unspecified atom stereocenters. The van der Waals surface area contributed by atoms with Gasteiger partial charge in [0.25, 0.3) is 5.91 Å². The fraction of sp³-hybridized carbons (Fsp3) is 0.174. The molecule has 1 heterocycles. The Hall–Kier alpha value is -3.67. The molecule has 0 fully saturated rings. The van der Waals surface area contributed by atoms with Gasteiger partial charge in [-0.3, -0.25) is 4.79 Å². The summed E-state index contributed by atoms with van der Waals surface area (Å²) in [7, 11) is 0. The molecule has 0 radical (unpaired) electrons. The number of anilines is 1.